The largest absolute Gasteiger partial charge is 0.383 e. The van der Waals surface area contributed by atoms with Crippen LogP contribution in [0.1, 0.15) is 44.2 Å². The van der Waals surface area contributed by atoms with Crippen molar-refractivity contribution in [2.75, 3.05) is 26.7 Å². The zero-order valence-electron chi connectivity index (χ0n) is 16.3. The Hall–Kier alpha value is -1.73. The number of aromatic nitrogens is 3. The molecule has 1 aromatic heterocycles. The Kier molecular flexibility index (Phi) is 5.07. The second-order valence-electron chi connectivity index (χ2n) is 8.61. The van der Waals surface area contributed by atoms with Gasteiger partial charge in [-0.3, -0.25) is 14.4 Å². The van der Waals surface area contributed by atoms with Crippen LogP contribution in [0, 0.1) is 11.8 Å². The third kappa shape index (κ3) is 3.55. The molecular weight excluding hydrogens is 342 g/mol. The molecule has 4 fully saturated rings. The first-order valence-corrected chi connectivity index (χ1v) is 10.2. The fraction of sp³-hybridized carbons (Fsp3) is 0.750. The quantitative estimate of drug-likeness (QED) is 0.763. The average Bonchev–Trinajstić information content (AvgIpc) is 3.32. The third-order valence-electron chi connectivity index (χ3n) is 6.82. The van der Waals surface area contributed by atoms with E-state index >= 15 is 0 Å². The molecular formula is C20H31N5O2. The third-order valence-corrected chi connectivity index (χ3v) is 6.82. The van der Waals surface area contributed by atoms with Gasteiger partial charge in [0.1, 0.15) is 11.3 Å². The lowest BCUT2D eigenvalue weighted by Gasteiger charge is -2.49. The molecule has 3 saturated heterocycles. The van der Waals surface area contributed by atoms with Crippen molar-refractivity contribution in [3.63, 3.8) is 0 Å². The zero-order valence-corrected chi connectivity index (χ0v) is 16.3. The molecule has 1 N–H and O–H groups in total. The number of aliphatic hydroxyl groups is 1. The second-order valence-corrected chi connectivity index (χ2v) is 8.61. The lowest BCUT2D eigenvalue weighted by molar-refractivity contribution is -0.142. The van der Waals surface area contributed by atoms with E-state index in [-0.39, 0.29) is 11.8 Å². The monoisotopic (exact) mass is 373 g/mol. The average molecular weight is 374 g/mol. The van der Waals surface area contributed by atoms with Gasteiger partial charge in [-0.05, 0) is 38.1 Å². The summed E-state index contributed by atoms with van der Waals surface area (Å²) in [6, 6.07) is 0.394. The molecule has 7 nitrogen and oxygen atoms in total. The summed E-state index contributed by atoms with van der Waals surface area (Å²) < 4.78 is 1.89. The number of amides is 1. The molecule has 4 heterocycles. The van der Waals surface area contributed by atoms with Crippen LogP contribution in [-0.2, 0) is 16.9 Å². The van der Waals surface area contributed by atoms with Gasteiger partial charge in [0.25, 0.3) is 0 Å². The summed E-state index contributed by atoms with van der Waals surface area (Å²) in [7, 11) is 1.86. The molecule has 1 aromatic rings. The van der Waals surface area contributed by atoms with E-state index in [2.05, 4.69) is 21.8 Å². The van der Waals surface area contributed by atoms with Gasteiger partial charge >= 0.3 is 0 Å². The molecule has 3 aliphatic heterocycles. The number of piperidine rings is 3. The minimum absolute atomic E-state index is 0.102. The van der Waals surface area contributed by atoms with Crippen molar-refractivity contribution in [1.29, 1.82) is 0 Å². The predicted molar refractivity (Wildman–Crippen MR) is 102 cm³/mol. The number of nitrogens with zero attached hydrogens (tertiary/aromatic N) is 5. The summed E-state index contributed by atoms with van der Waals surface area (Å²) in [4.78, 5) is 17.0. The van der Waals surface area contributed by atoms with E-state index in [4.69, 9.17) is 0 Å². The minimum Gasteiger partial charge on any atom is -0.383 e. The fourth-order valence-electron chi connectivity index (χ4n) is 5.21. The molecule has 1 saturated carbocycles. The predicted octanol–water partition coefficient (Wildman–Crippen LogP) is 1.39. The SMILES string of the molecule is C=CCN(C)C(=O)[C@@H]1CN2CC[C@@H]1C[C@@H]2Cn1cc(C2(O)CCCC2)nn1. The van der Waals surface area contributed by atoms with Gasteiger partial charge in [0.15, 0.2) is 0 Å². The van der Waals surface area contributed by atoms with Crippen molar-refractivity contribution in [3.8, 4) is 0 Å². The number of fused-ring (bicyclic) bond motifs is 3. The van der Waals surface area contributed by atoms with Crippen molar-refractivity contribution < 1.29 is 9.90 Å². The highest BCUT2D eigenvalue weighted by molar-refractivity contribution is 5.79. The highest BCUT2D eigenvalue weighted by Gasteiger charge is 2.44. The molecule has 1 amide bonds. The van der Waals surface area contributed by atoms with Gasteiger partial charge in [0.05, 0.1) is 18.7 Å². The Labute approximate surface area is 161 Å². The molecule has 0 spiro atoms. The summed E-state index contributed by atoms with van der Waals surface area (Å²) in [6.07, 6.45) is 9.50. The van der Waals surface area contributed by atoms with Crippen LogP contribution in [0.4, 0.5) is 0 Å². The van der Waals surface area contributed by atoms with Gasteiger partial charge in [-0.2, -0.15) is 0 Å². The van der Waals surface area contributed by atoms with Gasteiger partial charge in [0, 0.05) is 26.2 Å². The summed E-state index contributed by atoms with van der Waals surface area (Å²) in [5.74, 6) is 0.793. The van der Waals surface area contributed by atoms with E-state index in [9.17, 15) is 9.90 Å². The van der Waals surface area contributed by atoms with E-state index in [0.717, 1.165) is 63.9 Å². The normalized spacial score (nSPS) is 31.8. The Morgan fingerprint density at radius 1 is 1.48 bits per heavy atom. The van der Waals surface area contributed by atoms with Gasteiger partial charge < -0.3 is 10.0 Å². The van der Waals surface area contributed by atoms with Gasteiger partial charge in [-0.15, -0.1) is 11.7 Å². The summed E-state index contributed by atoms with van der Waals surface area (Å²) in [5.41, 5.74) is -0.0627. The van der Waals surface area contributed by atoms with Crippen LogP contribution in [0.25, 0.3) is 0 Å². The molecule has 5 rings (SSSR count). The smallest absolute Gasteiger partial charge is 0.227 e. The first kappa shape index (κ1) is 18.6. The number of carbonyl (C=O) groups is 1. The molecule has 0 aromatic carbocycles. The molecule has 2 bridgehead atoms. The van der Waals surface area contributed by atoms with Crippen LogP contribution >= 0.6 is 0 Å². The summed E-state index contributed by atoms with van der Waals surface area (Å²) in [6.45, 7) is 7.01. The first-order valence-electron chi connectivity index (χ1n) is 10.2. The Balaban J connectivity index is 1.39. The Morgan fingerprint density at radius 2 is 2.26 bits per heavy atom. The van der Waals surface area contributed by atoms with Crippen LogP contribution in [-0.4, -0.2) is 68.5 Å². The maximum atomic E-state index is 12.7. The van der Waals surface area contributed by atoms with Gasteiger partial charge in [-0.1, -0.05) is 24.1 Å². The lowest BCUT2D eigenvalue weighted by atomic mass is 9.75. The summed E-state index contributed by atoms with van der Waals surface area (Å²) >= 11 is 0. The van der Waals surface area contributed by atoms with Gasteiger partial charge in [0.2, 0.25) is 5.91 Å². The molecule has 1 aliphatic carbocycles. The number of hydrogen-bond donors (Lipinski definition) is 1. The second kappa shape index (κ2) is 7.36. The van der Waals surface area contributed by atoms with Crippen LogP contribution in [0.2, 0.25) is 0 Å². The Bertz CT molecular complexity index is 696. The lowest BCUT2D eigenvalue weighted by Crippen LogP contribution is -2.58. The zero-order chi connectivity index (χ0) is 19.0. The fourth-order valence-corrected chi connectivity index (χ4v) is 5.21. The van der Waals surface area contributed by atoms with Crippen LogP contribution in [0.5, 0.6) is 0 Å². The Morgan fingerprint density at radius 3 is 2.93 bits per heavy atom. The van der Waals surface area contributed by atoms with Crippen molar-refractivity contribution in [2.24, 2.45) is 11.8 Å². The van der Waals surface area contributed by atoms with Crippen LogP contribution in [0.3, 0.4) is 0 Å². The molecule has 4 atom stereocenters. The van der Waals surface area contributed by atoms with Crippen LogP contribution in [0.15, 0.2) is 18.9 Å². The molecule has 4 aliphatic rings. The van der Waals surface area contributed by atoms with Crippen molar-refractivity contribution in [2.45, 2.75) is 56.7 Å². The van der Waals surface area contributed by atoms with E-state index in [1.165, 1.54) is 0 Å². The number of likely N-dealkylation sites (N-methyl/N-ethyl adjacent to an activating group) is 1. The van der Waals surface area contributed by atoms with E-state index in [1.807, 2.05) is 17.9 Å². The van der Waals surface area contributed by atoms with E-state index in [0.29, 0.717) is 18.5 Å². The highest BCUT2D eigenvalue weighted by atomic mass is 16.3. The maximum absolute atomic E-state index is 12.7. The number of carbonyl (C=O) groups excluding carboxylic acids is 1. The van der Waals surface area contributed by atoms with Crippen molar-refractivity contribution in [1.82, 2.24) is 24.8 Å². The first-order chi connectivity index (χ1) is 13.0. The van der Waals surface area contributed by atoms with Crippen molar-refractivity contribution in [3.05, 3.63) is 24.5 Å². The molecule has 148 valence electrons. The summed E-state index contributed by atoms with van der Waals surface area (Å²) in [5, 5.41) is 19.2. The maximum Gasteiger partial charge on any atom is 0.227 e. The molecule has 27 heavy (non-hydrogen) atoms. The van der Waals surface area contributed by atoms with E-state index in [1.54, 1.807) is 11.0 Å². The molecule has 7 heteroatoms. The standard InChI is InChI=1S/C20H31N5O2/c1-3-9-23(2)19(26)17-13-24-10-6-15(17)11-16(24)12-25-14-18(21-22-25)20(27)7-4-5-8-20/h3,14-17,27H,1,4-13H2,2H3/t15-,16-,17-/m1/s1. The highest BCUT2D eigenvalue weighted by Crippen LogP contribution is 2.39. The number of rotatable bonds is 6. The van der Waals surface area contributed by atoms with E-state index < -0.39 is 5.60 Å². The minimum atomic E-state index is -0.780. The van der Waals surface area contributed by atoms with Gasteiger partial charge in [-0.25, -0.2) is 0 Å². The molecule has 0 radical (unpaired) electrons. The topological polar surface area (TPSA) is 74.5 Å². The van der Waals surface area contributed by atoms with Crippen LogP contribution < -0.4 is 0 Å². The molecule has 1 unspecified atom stereocenters. The number of hydrogen-bond acceptors (Lipinski definition) is 5. The van der Waals surface area contributed by atoms with Crippen molar-refractivity contribution >= 4 is 5.91 Å².